The average molecular weight is 395 g/mol. The van der Waals surface area contributed by atoms with Crippen molar-refractivity contribution in [1.29, 1.82) is 0 Å². The number of carbonyl (C=O) groups is 2. The quantitative estimate of drug-likeness (QED) is 0.767. The number of carbonyl (C=O) groups excluding carboxylic acids is 2. The fourth-order valence-corrected chi connectivity index (χ4v) is 4.80. The number of Topliss-reactive ketones (excluding diaryl/α,β-unsaturated/α-hetero) is 1. The third-order valence-electron chi connectivity index (χ3n) is 6.62. The van der Waals surface area contributed by atoms with Crippen LogP contribution in [0.1, 0.15) is 76.2 Å². The Labute approximate surface area is 172 Å². The highest BCUT2D eigenvalue weighted by Gasteiger charge is 2.34. The molecular formula is C24H30N2O3. The molecule has 1 fully saturated rings. The number of hydrogen-bond acceptors (Lipinski definition) is 4. The molecule has 0 bridgehead atoms. The predicted molar refractivity (Wildman–Crippen MR) is 114 cm³/mol. The largest absolute Gasteiger partial charge is 0.457 e. The van der Waals surface area contributed by atoms with Crippen molar-refractivity contribution in [2.45, 2.75) is 58.0 Å². The van der Waals surface area contributed by atoms with E-state index in [-0.39, 0.29) is 23.8 Å². The molecule has 1 N–H and O–H groups in total. The summed E-state index contributed by atoms with van der Waals surface area (Å²) in [7, 11) is 4.03. The minimum absolute atomic E-state index is 0.0131. The zero-order chi connectivity index (χ0) is 20.7. The number of H-pyrrole nitrogens is 1. The molecule has 0 aliphatic heterocycles. The SMILES string of the molecule is Cc1c(C(=O)OC2CCCC2C)[nH]c2c1C(=O)CC(c1ccc(N(C)C)cc1)C2. The highest BCUT2D eigenvalue weighted by Crippen LogP contribution is 2.36. The second-order valence-electron chi connectivity index (χ2n) is 8.84. The van der Waals surface area contributed by atoms with Gasteiger partial charge in [-0.3, -0.25) is 4.79 Å². The molecule has 1 aromatic carbocycles. The van der Waals surface area contributed by atoms with Gasteiger partial charge in [-0.25, -0.2) is 4.79 Å². The van der Waals surface area contributed by atoms with Gasteiger partial charge in [0.25, 0.3) is 0 Å². The van der Waals surface area contributed by atoms with E-state index >= 15 is 0 Å². The number of benzene rings is 1. The van der Waals surface area contributed by atoms with Crippen molar-refractivity contribution in [2.75, 3.05) is 19.0 Å². The van der Waals surface area contributed by atoms with Crippen LogP contribution in [0.2, 0.25) is 0 Å². The zero-order valence-corrected chi connectivity index (χ0v) is 17.7. The van der Waals surface area contributed by atoms with Gasteiger partial charge in [-0.1, -0.05) is 19.1 Å². The maximum absolute atomic E-state index is 12.9. The Kier molecular flexibility index (Phi) is 5.24. The number of aromatic amines is 1. The summed E-state index contributed by atoms with van der Waals surface area (Å²) in [5.74, 6) is 0.313. The summed E-state index contributed by atoms with van der Waals surface area (Å²) in [6, 6.07) is 8.37. The fraction of sp³-hybridized carbons (Fsp3) is 0.500. The molecule has 2 aromatic rings. The Balaban J connectivity index is 1.55. The molecule has 2 aliphatic rings. The van der Waals surface area contributed by atoms with Crippen molar-refractivity contribution in [3.05, 3.63) is 52.3 Å². The van der Waals surface area contributed by atoms with Gasteiger partial charge >= 0.3 is 5.97 Å². The first-order valence-corrected chi connectivity index (χ1v) is 10.6. The molecule has 3 unspecified atom stereocenters. The molecule has 2 aliphatic carbocycles. The van der Waals surface area contributed by atoms with E-state index < -0.39 is 0 Å². The van der Waals surface area contributed by atoms with Gasteiger partial charge < -0.3 is 14.6 Å². The molecule has 1 aromatic heterocycles. The second kappa shape index (κ2) is 7.69. The number of ketones is 1. The molecule has 1 saturated carbocycles. The first kappa shape index (κ1) is 19.7. The van der Waals surface area contributed by atoms with Gasteiger partial charge in [0.15, 0.2) is 5.78 Å². The molecular weight excluding hydrogens is 364 g/mol. The minimum Gasteiger partial charge on any atom is -0.457 e. The van der Waals surface area contributed by atoms with Crippen LogP contribution in [0.3, 0.4) is 0 Å². The standard InChI is InChI=1S/C24H30N2O3/c1-14-6-5-7-21(14)29-24(28)23-15(2)22-19(25-23)12-17(13-20(22)27)16-8-10-18(11-9-16)26(3)4/h8-11,14,17,21,25H,5-7,12-13H2,1-4H3. The Morgan fingerprint density at radius 1 is 1.14 bits per heavy atom. The lowest BCUT2D eigenvalue weighted by Gasteiger charge is -2.23. The Morgan fingerprint density at radius 2 is 1.86 bits per heavy atom. The van der Waals surface area contributed by atoms with Crippen LogP contribution in [0, 0.1) is 12.8 Å². The van der Waals surface area contributed by atoms with Gasteiger partial charge in [0.1, 0.15) is 11.8 Å². The molecule has 154 valence electrons. The van der Waals surface area contributed by atoms with Gasteiger partial charge in [0.05, 0.1) is 0 Å². The summed E-state index contributed by atoms with van der Waals surface area (Å²) < 4.78 is 5.76. The lowest BCUT2D eigenvalue weighted by molar-refractivity contribution is 0.0219. The van der Waals surface area contributed by atoms with Crippen LogP contribution in [0.4, 0.5) is 5.69 Å². The molecule has 5 nitrogen and oxygen atoms in total. The average Bonchev–Trinajstić information content (AvgIpc) is 3.25. The van der Waals surface area contributed by atoms with Crippen molar-refractivity contribution < 1.29 is 14.3 Å². The number of esters is 1. The number of aromatic nitrogens is 1. The number of anilines is 1. The van der Waals surface area contributed by atoms with Gasteiger partial charge in [-0.2, -0.15) is 0 Å². The van der Waals surface area contributed by atoms with Crippen molar-refractivity contribution in [2.24, 2.45) is 5.92 Å². The minimum atomic E-state index is -0.324. The molecule has 0 spiro atoms. The Bertz CT molecular complexity index is 926. The van der Waals surface area contributed by atoms with Crippen LogP contribution in [-0.4, -0.2) is 36.9 Å². The highest BCUT2D eigenvalue weighted by molar-refractivity contribution is 6.03. The Hall–Kier alpha value is -2.56. The third-order valence-corrected chi connectivity index (χ3v) is 6.62. The molecule has 4 rings (SSSR count). The first-order chi connectivity index (χ1) is 13.8. The van der Waals surface area contributed by atoms with Crippen LogP contribution >= 0.6 is 0 Å². The van der Waals surface area contributed by atoms with Crippen molar-refractivity contribution in [3.63, 3.8) is 0 Å². The number of nitrogens with one attached hydrogen (secondary N) is 1. The zero-order valence-electron chi connectivity index (χ0n) is 17.7. The van der Waals surface area contributed by atoms with E-state index in [0.717, 1.165) is 48.2 Å². The maximum Gasteiger partial charge on any atom is 0.355 e. The summed E-state index contributed by atoms with van der Waals surface area (Å²) in [5, 5.41) is 0. The van der Waals surface area contributed by atoms with Crippen LogP contribution in [0.15, 0.2) is 24.3 Å². The van der Waals surface area contributed by atoms with Crippen molar-refractivity contribution in [3.8, 4) is 0 Å². The highest BCUT2D eigenvalue weighted by atomic mass is 16.5. The molecule has 1 heterocycles. The van der Waals surface area contributed by atoms with Gasteiger partial charge in [0.2, 0.25) is 0 Å². The number of hydrogen-bond donors (Lipinski definition) is 1. The molecule has 3 atom stereocenters. The van der Waals surface area contributed by atoms with Crippen LogP contribution in [0.5, 0.6) is 0 Å². The van der Waals surface area contributed by atoms with E-state index in [1.54, 1.807) is 0 Å². The third kappa shape index (κ3) is 3.70. The van der Waals surface area contributed by atoms with Crippen molar-refractivity contribution in [1.82, 2.24) is 4.98 Å². The number of ether oxygens (including phenoxy) is 1. The van der Waals surface area contributed by atoms with Gasteiger partial charge in [0, 0.05) is 37.5 Å². The summed E-state index contributed by atoms with van der Waals surface area (Å²) >= 11 is 0. The van der Waals surface area contributed by atoms with E-state index in [0.29, 0.717) is 23.6 Å². The van der Waals surface area contributed by atoms with Crippen LogP contribution in [0.25, 0.3) is 0 Å². The molecule has 29 heavy (non-hydrogen) atoms. The predicted octanol–water partition coefficient (Wildman–Crippen LogP) is 4.65. The maximum atomic E-state index is 12.9. The number of fused-ring (bicyclic) bond motifs is 1. The Morgan fingerprint density at radius 3 is 2.48 bits per heavy atom. The molecule has 0 radical (unpaired) electrons. The normalized spacial score (nSPS) is 23.7. The van der Waals surface area contributed by atoms with Crippen LogP contribution in [-0.2, 0) is 11.2 Å². The number of nitrogens with zero attached hydrogens (tertiary/aromatic N) is 1. The summed E-state index contributed by atoms with van der Waals surface area (Å²) in [4.78, 5) is 31.0. The van der Waals surface area contributed by atoms with Crippen LogP contribution < -0.4 is 4.90 Å². The van der Waals surface area contributed by atoms with E-state index in [1.165, 1.54) is 0 Å². The summed E-state index contributed by atoms with van der Waals surface area (Å²) in [6.45, 7) is 3.99. The van der Waals surface area contributed by atoms with Gasteiger partial charge in [-0.15, -0.1) is 0 Å². The monoisotopic (exact) mass is 394 g/mol. The number of rotatable bonds is 4. The molecule has 0 saturated heterocycles. The smallest absolute Gasteiger partial charge is 0.355 e. The second-order valence-corrected chi connectivity index (χ2v) is 8.84. The topological polar surface area (TPSA) is 62.4 Å². The summed E-state index contributed by atoms with van der Waals surface area (Å²) in [5.41, 5.74) is 5.04. The van der Waals surface area contributed by atoms with Crippen molar-refractivity contribution >= 4 is 17.4 Å². The lowest BCUT2D eigenvalue weighted by atomic mass is 9.81. The molecule has 0 amide bonds. The lowest BCUT2D eigenvalue weighted by Crippen LogP contribution is -2.21. The van der Waals surface area contributed by atoms with E-state index in [4.69, 9.17) is 4.74 Å². The van der Waals surface area contributed by atoms with E-state index in [9.17, 15) is 9.59 Å². The van der Waals surface area contributed by atoms with E-state index in [2.05, 4.69) is 41.1 Å². The molecule has 5 heteroatoms. The van der Waals surface area contributed by atoms with E-state index in [1.807, 2.05) is 21.0 Å². The van der Waals surface area contributed by atoms with Gasteiger partial charge in [-0.05, 0) is 67.7 Å². The first-order valence-electron chi connectivity index (χ1n) is 10.6. The summed E-state index contributed by atoms with van der Waals surface area (Å²) in [6.07, 6.45) is 4.33. The fourth-order valence-electron chi connectivity index (χ4n) is 4.80.